The van der Waals surface area contributed by atoms with Gasteiger partial charge in [-0.25, -0.2) is 0 Å². The van der Waals surface area contributed by atoms with Gasteiger partial charge >= 0.3 is 0 Å². The minimum atomic E-state index is 1.19. The van der Waals surface area contributed by atoms with Crippen molar-refractivity contribution >= 4 is 56.6 Å². The van der Waals surface area contributed by atoms with Crippen molar-refractivity contribution < 1.29 is 0 Å². The summed E-state index contributed by atoms with van der Waals surface area (Å²) in [7, 11) is 0. The Morgan fingerprint density at radius 1 is 0.316 bits per heavy atom. The van der Waals surface area contributed by atoms with Gasteiger partial charge in [-0.2, -0.15) is 0 Å². The first-order chi connectivity index (χ1) is 18.8. The zero-order valence-corrected chi connectivity index (χ0v) is 21.0. The number of hydrogen-bond acceptors (Lipinski definition) is 0. The molecule has 0 saturated heterocycles. The standard InChI is InChI=1S/C38H26/c1-2-5-30(6-3-1)31-18-15-29(16-19-31)14-11-27-9-12-28(13-10-27)17-20-32-21-22-35-24-23-33-7-4-8-34-25-26-36(32)38(35)37(33)34/h1-26H. The largest absolute Gasteiger partial charge is 0.0622 e. The molecule has 0 nitrogen and oxygen atoms in total. The molecule has 0 unspecified atom stereocenters. The predicted octanol–water partition coefficient (Wildman–Crippen LogP) is 10.6. The van der Waals surface area contributed by atoms with E-state index in [0.717, 1.165) is 0 Å². The van der Waals surface area contributed by atoms with Crippen LogP contribution in [0.3, 0.4) is 0 Å². The number of hydrogen-bond donors (Lipinski definition) is 0. The van der Waals surface area contributed by atoms with Crippen LogP contribution in [0.2, 0.25) is 0 Å². The SMILES string of the molecule is C(=Cc1ccc(-c2ccccc2)cc1)c1ccc(C=Cc2ccc3ccc4cccc5ccc2c3c45)cc1. The van der Waals surface area contributed by atoms with Crippen molar-refractivity contribution in [1.29, 1.82) is 0 Å². The summed E-state index contributed by atoms with van der Waals surface area (Å²) in [5.41, 5.74) is 7.32. The molecular formula is C38H26. The molecule has 0 aliphatic carbocycles. The van der Waals surface area contributed by atoms with Crippen LogP contribution in [0, 0.1) is 0 Å². The van der Waals surface area contributed by atoms with Gasteiger partial charge in [0.25, 0.3) is 0 Å². The van der Waals surface area contributed by atoms with Crippen molar-refractivity contribution in [2.75, 3.05) is 0 Å². The summed E-state index contributed by atoms with van der Waals surface area (Å²) in [4.78, 5) is 0. The van der Waals surface area contributed by atoms with Gasteiger partial charge in [-0.3, -0.25) is 0 Å². The highest BCUT2D eigenvalue weighted by atomic mass is 14.1. The first-order valence-corrected chi connectivity index (χ1v) is 13.1. The average Bonchev–Trinajstić information content (AvgIpc) is 2.99. The Morgan fingerprint density at radius 2 is 0.816 bits per heavy atom. The van der Waals surface area contributed by atoms with Crippen molar-refractivity contribution in [3.8, 4) is 11.1 Å². The highest BCUT2D eigenvalue weighted by Gasteiger charge is 2.09. The van der Waals surface area contributed by atoms with Crippen LogP contribution >= 0.6 is 0 Å². The molecule has 38 heavy (non-hydrogen) atoms. The molecule has 178 valence electrons. The van der Waals surface area contributed by atoms with E-state index in [0.29, 0.717) is 0 Å². The monoisotopic (exact) mass is 482 g/mol. The van der Waals surface area contributed by atoms with E-state index in [1.54, 1.807) is 0 Å². The van der Waals surface area contributed by atoms with Crippen LogP contribution in [0.5, 0.6) is 0 Å². The molecule has 7 aromatic carbocycles. The van der Waals surface area contributed by atoms with Gasteiger partial charge in [0.05, 0.1) is 0 Å². The molecule has 0 heteroatoms. The van der Waals surface area contributed by atoms with Crippen LogP contribution in [0.4, 0.5) is 0 Å². The molecule has 0 radical (unpaired) electrons. The Kier molecular flexibility index (Phi) is 5.57. The van der Waals surface area contributed by atoms with Crippen LogP contribution in [-0.2, 0) is 0 Å². The van der Waals surface area contributed by atoms with Crippen LogP contribution < -0.4 is 0 Å². The highest BCUT2D eigenvalue weighted by molar-refractivity contribution is 6.24. The molecule has 0 aromatic heterocycles. The first kappa shape index (κ1) is 22.3. The lowest BCUT2D eigenvalue weighted by Crippen LogP contribution is -1.86. The van der Waals surface area contributed by atoms with Gasteiger partial charge in [-0.05, 0) is 65.7 Å². The van der Waals surface area contributed by atoms with Gasteiger partial charge in [-0.1, -0.05) is 158 Å². The van der Waals surface area contributed by atoms with Gasteiger partial charge in [-0.15, -0.1) is 0 Å². The second-order valence-corrected chi connectivity index (χ2v) is 9.83. The van der Waals surface area contributed by atoms with E-state index < -0.39 is 0 Å². The van der Waals surface area contributed by atoms with E-state index in [-0.39, 0.29) is 0 Å². The Bertz CT molecular complexity index is 1900. The van der Waals surface area contributed by atoms with Gasteiger partial charge in [0, 0.05) is 0 Å². The lowest BCUT2D eigenvalue weighted by molar-refractivity contribution is 1.60. The van der Waals surface area contributed by atoms with Crippen molar-refractivity contribution in [3.05, 3.63) is 156 Å². The third kappa shape index (κ3) is 4.17. The molecule has 0 heterocycles. The second kappa shape index (κ2) is 9.50. The van der Waals surface area contributed by atoms with E-state index in [4.69, 9.17) is 0 Å². The fraction of sp³-hybridized carbons (Fsp3) is 0. The zero-order valence-electron chi connectivity index (χ0n) is 21.0. The van der Waals surface area contributed by atoms with Crippen LogP contribution in [0.15, 0.2) is 133 Å². The third-order valence-corrected chi connectivity index (χ3v) is 7.44. The Morgan fingerprint density at radius 3 is 1.47 bits per heavy atom. The average molecular weight is 483 g/mol. The summed E-state index contributed by atoms with van der Waals surface area (Å²) in [5, 5.41) is 7.94. The summed E-state index contributed by atoms with van der Waals surface area (Å²) >= 11 is 0. The molecule has 0 fully saturated rings. The zero-order chi connectivity index (χ0) is 25.3. The fourth-order valence-corrected chi connectivity index (χ4v) is 5.42. The molecular weight excluding hydrogens is 456 g/mol. The molecule has 7 aromatic rings. The Hall–Kier alpha value is -4.94. The summed E-state index contributed by atoms with van der Waals surface area (Å²) < 4.78 is 0. The van der Waals surface area contributed by atoms with E-state index >= 15 is 0 Å². The lowest BCUT2D eigenvalue weighted by Gasteiger charge is -2.12. The van der Waals surface area contributed by atoms with Crippen molar-refractivity contribution in [2.24, 2.45) is 0 Å². The first-order valence-electron chi connectivity index (χ1n) is 13.1. The molecule has 0 aliphatic heterocycles. The summed E-state index contributed by atoms with van der Waals surface area (Å²) in [6.45, 7) is 0. The normalized spacial score (nSPS) is 12.0. The van der Waals surface area contributed by atoms with Crippen LogP contribution in [0.25, 0.3) is 67.7 Å². The molecule has 0 amide bonds. The summed E-state index contributed by atoms with van der Waals surface area (Å²) in [5.74, 6) is 0. The van der Waals surface area contributed by atoms with Gasteiger partial charge < -0.3 is 0 Å². The Labute approximate surface area is 223 Å². The molecule has 7 rings (SSSR count). The smallest absolute Gasteiger partial charge is 0.00208 e. The maximum absolute atomic E-state index is 2.27. The molecule has 0 atom stereocenters. The third-order valence-electron chi connectivity index (χ3n) is 7.44. The summed E-state index contributed by atoms with van der Waals surface area (Å²) in [6, 6.07) is 48.0. The molecule has 0 aliphatic rings. The van der Waals surface area contributed by atoms with Crippen molar-refractivity contribution in [1.82, 2.24) is 0 Å². The minimum absolute atomic E-state index is 1.19. The highest BCUT2D eigenvalue weighted by Crippen LogP contribution is 2.36. The topological polar surface area (TPSA) is 0 Å². The minimum Gasteiger partial charge on any atom is -0.0622 e. The van der Waals surface area contributed by atoms with E-state index in [2.05, 4.69) is 158 Å². The second-order valence-electron chi connectivity index (χ2n) is 9.83. The number of rotatable bonds is 5. The van der Waals surface area contributed by atoms with Crippen molar-refractivity contribution in [2.45, 2.75) is 0 Å². The lowest BCUT2D eigenvalue weighted by atomic mass is 9.92. The quantitative estimate of drug-likeness (QED) is 0.169. The number of benzene rings is 7. The Balaban J connectivity index is 1.11. The van der Waals surface area contributed by atoms with E-state index in [1.807, 2.05) is 0 Å². The molecule has 0 saturated carbocycles. The fourth-order valence-electron chi connectivity index (χ4n) is 5.42. The van der Waals surface area contributed by atoms with Crippen LogP contribution in [-0.4, -0.2) is 0 Å². The maximum Gasteiger partial charge on any atom is -0.00208 e. The summed E-state index contributed by atoms with van der Waals surface area (Å²) in [6.07, 6.45) is 8.79. The van der Waals surface area contributed by atoms with E-state index in [9.17, 15) is 0 Å². The molecule has 0 N–H and O–H groups in total. The van der Waals surface area contributed by atoms with Gasteiger partial charge in [0.1, 0.15) is 0 Å². The van der Waals surface area contributed by atoms with Gasteiger partial charge in [0.2, 0.25) is 0 Å². The predicted molar refractivity (Wildman–Crippen MR) is 166 cm³/mol. The van der Waals surface area contributed by atoms with Gasteiger partial charge in [0.15, 0.2) is 0 Å². The maximum atomic E-state index is 2.27. The molecule has 0 bridgehead atoms. The van der Waals surface area contributed by atoms with Crippen molar-refractivity contribution in [3.63, 3.8) is 0 Å². The molecule has 0 spiro atoms. The van der Waals surface area contributed by atoms with E-state index in [1.165, 1.54) is 65.7 Å². The van der Waals surface area contributed by atoms with Crippen LogP contribution in [0.1, 0.15) is 22.3 Å².